The molecule has 1 aromatic heterocycles. The van der Waals surface area contributed by atoms with Crippen LogP contribution >= 0.6 is 0 Å². The zero-order valence-corrected chi connectivity index (χ0v) is 22.7. The monoisotopic (exact) mass is 558 g/mol. The lowest BCUT2D eigenvalue weighted by atomic mass is 9.70. The van der Waals surface area contributed by atoms with Crippen LogP contribution in [0.2, 0.25) is 0 Å². The van der Waals surface area contributed by atoms with Crippen LogP contribution in [-0.2, 0) is 26.2 Å². The first-order chi connectivity index (χ1) is 19.6. The maximum atomic E-state index is 14.6. The number of benzene rings is 2. The van der Waals surface area contributed by atoms with E-state index in [0.717, 1.165) is 0 Å². The van der Waals surface area contributed by atoms with Crippen LogP contribution in [0.3, 0.4) is 0 Å². The summed E-state index contributed by atoms with van der Waals surface area (Å²) >= 11 is 0. The van der Waals surface area contributed by atoms with Crippen LogP contribution < -0.4 is 26.4 Å². The Kier molecular flexibility index (Phi) is 7.02. The van der Waals surface area contributed by atoms with Crippen LogP contribution in [0.1, 0.15) is 54.6 Å². The smallest absolute Gasteiger partial charge is 0.252 e. The van der Waals surface area contributed by atoms with Crippen molar-refractivity contribution in [3.63, 3.8) is 0 Å². The number of fused-ring (bicyclic) bond motifs is 5. The molecule has 0 spiro atoms. The average molecular weight is 559 g/mol. The number of aliphatic hydroxyl groups is 1. The van der Waals surface area contributed by atoms with Gasteiger partial charge in [-0.15, -0.1) is 0 Å². The van der Waals surface area contributed by atoms with Crippen molar-refractivity contribution in [2.24, 2.45) is 5.73 Å². The number of para-hydroxylation sites is 1. The molecular formula is C29H30N6O6. The molecule has 2 aromatic carbocycles. The summed E-state index contributed by atoms with van der Waals surface area (Å²) in [7, 11) is 1.59. The minimum atomic E-state index is -1.67. The van der Waals surface area contributed by atoms with Crippen LogP contribution in [0.25, 0.3) is 0 Å². The molecule has 2 amide bonds. The molecule has 6 N–H and O–H groups in total. The number of carbonyl (C=O) groups excluding carboxylic acids is 3. The average Bonchev–Trinajstić information content (AvgIpc) is 3.64. The molecule has 5 rings (SSSR count). The summed E-state index contributed by atoms with van der Waals surface area (Å²) in [5.74, 6) is -1.32. The van der Waals surface area contributed by atoms with E-state index in [1.807, 2.05) is 30.3 Å². The van der Waals surface area contributed by atoms with E-state index in [9.17, 15) is 24.8 Å². The van der Waals surface area contributed by atoms with Gasteiger partial charge in [0, 0.05) is 17.7 Å². The molecule has 0 aliphatic carbocycles. The second kappa shape index (κ2) is 10.3. The molecule has 5 unspecified atom stereocenters. The fourth-order valence-corrected chi connectivity index (χ4v) is 5.38. The first-order valence-corrected chi connectivity index (χ1v) is 13.1. The predicted octanol–water partition coefficient (Wildman–Crippen LogP) is 1.18. The minimum absolute atomic E-state index is 0.0128. The van der Waals surface area contributed by atoms with Crippen LogP contribution in [0.5, 0.6) is 5.75 Å². The second-order valence-electron chi connectivity index (χ2n) is 10.4. The van der Waals surface area contributed by atoms with E-state index in [1.54, 1.807) is 32.2 Å². The predicted molar refractivity (Wildman–Crippen MR) is 145 cm³/mol. The van der Waals surface area contributed by atoms with Crippen molar-refractivity contribution in [2.75, 3.05) is 12.4 Å². The highest BCUT2D eigenvalue weighted by atomic mass is 16.5. The van der Waals surface area contributed by atoms with E-state index in [4.69, 9.17) is 14.9 Å². The molecule has 0 fully saturated rings. The second-order valence-corrected chi connectivity index (χ2v) is 10.4. The number of aromatic nitrogens is 1. The molecule has 12 heteroatoms. The summed E-state index contributed by atoms with van der Waals surface area (Å²) < 4.78 is 11.8. The number of nitrogens with zero attached hydrogens (tertiary/aromatic N) is 2. The molecule has 12 nitrogen and oxygen atoms in total. The van der Waals surface area contributed by atoms with Gasteiger partial charge in [0.05, 0.1) is 0 Å². The Bertz CT molecular complexity index is 1580. The summed E-state index contributed by atoms with van der Waals surface area (Å²) in [6, 6.07) is 12.3. The van der Waals surface area contributed by atoms with Gasteiger partial charge in [0.25, 0.3) is 5.91 Å². The number of Topliss-reactive ketones (excluding diaryl/α,β-unsaturated/α-hetero) is 1. The maximum absolute atomic E-state index is 14.6. The first-order valence-electron chi connectivity index (χ1n) is 13.1. The molecule has 0 bridgehead atoms. The number of nitrogens with two attached hydrogens (primary N) is 1. The normalized spacial score (nSPS) is 21.1. The van der Waals surface area contributed by atoms with Gasteiger partial charge in [-0.1, -0.05) is 37.3 Å². The van der Waals surface area contributed by atoms with Crippen molar-refractivity contribution in [1.82, 2.24) is 15.6 Å². The molecule has 41 heavy (non-hydrogen) atoms. The van der Waals surface area contributed by atoms with E-state index in [-0.39, 0.29) is 30.2 Å². The number of oxazole rings is 1. The van der Waals surface area contributed by atoms with Crippen molar-refractivity contribution in [3.05, 3.63) is 77.0 Å². The number of carbonyl (C=O) groups is 3. The van der Waals surface area contributed by atoms with Crippen molar-refractivity contribution in [2.45, 2.75) is 56.0 Å². The Morgan fingerprint density at radius 2 is 2.02 bits per heavy atom. The van der Waals surface area contributed by atoms with Gasteiger partial charge in [-0.3, -0.25) is 14.4 Å². The number of hydrogen-bond acceptors (Lipinski definition) is 10. The van der Waals surface area contributed by atoms with Crippen molar-refractivity contribution in [1.29, 1.82) is 5.26 Å². The lowest BCUT2D eigenvalue weighted by Crippen LogP contribution is -2.53. The number of primary amides is 1. The van der Waals surface area contributed by atoms with E-state index in [2.05, 4.69) is 20.9 Å². The highest BCUT2D eigenvalue weighted by Crippen LogP contribution is 2.55. The Labute approximate surface area is 235 Å². The van der Waals surface area contributed by atoms with E-state index >= 15 is 0 Å². The molecule has 2 aliphatic rings. The third-order valence-corrected chi connectivity index (χ3v) is 7.83. The Morgan fingerprint density at radius 1 is 1.27 bits per heavy atom. The molecule has 5 atom stereocenters. The van der Waals surface area contributed by atoms with Crippen LogP contribution in [0.4, 0.5) is 5.69 Å². The number of nitrogens with one attached hydrogen (secondary N) is 3. The quantitative estimate of drug-likeness (QED) is 0.241. The van der Waals surface area contributed by atoms with Crippen molar-refractivity contribution >= 4 is 23.3 Å². The minimum Gasteiger partial charge on any atom is -0.469 e. The third kappa shape index (κ3) is 4.49. The number of amides is 2. The number of rotatable bonds is 10. The summed E-state index contributed by atoms with van der Waals surface area (Å²) in [4.78, 5) is 43.7. The number of hydrogen-bond donors (Lipinski definition) is 5. The molecule has 0 saturated carbocycles. The zero-order chi connectivity index (χ0) is 29.5. The molecule has 3 heterocycles. The summed E-state index contributed by atoms with van der Waals surface area (Å²) in [5.41, 5.74) is 5.18. The van der Waals surface area contributed by atoms with E-state index in [1.165, 1.54) is 13.2 Å². The lowest BCUT2D eigenvalue weighted by Gasteiger charge is -2.30. The number of ether oxygens (including phenoxy) is 1. The van der Waals surface area contributed by atoms with Gasteiger partial charge in [0.1, 0.15) is 41.2 Å². The number of nitriles is 1. The molecule has 3 aromatic rings. The molecule has 2 aliphatic heterocycles. The van der Waals surface area contributed by atoms with Gasteiger partial charge >= 0.3 is 0 Å². The Hall–Kier alpha value is -4.73. The van der Waals surface area contributed by atoms with Gasteiger partial charge < -0.3 is 35.9 Å². The fraction of sp³-hybridized carbons (Fsp3) is 0.345. The highest BCUT2D eigenvalue weighted by molar-refractivity contribution is 6.03. The van der Waals surface area contributed by atoms with E-state index < -0.39 is 41.1 Å². The van der Waals surface area contributed by atoms with Crippen molar-refractivity contribution in [3.8, 4) is 11.8 Å². The van der Waals surface area contributed by atoms with E-state index in [0.29, 0.717) is 28.1 Å². The third-order valence-electron chi connectivity index (χ3n) is 7.83. The topological polar surface area (TPSA) is 193 Å². The fourth-order valence-electron chi connectivity index (χ4n) is 5.38. The number of ketones is 1. The molecule has 212 valence electrons. The Morgan fingerprint density at radius 3 is 2.68 bits per heavy atom. The van der Waals surface area contributed by atoms with Gasteiger partial charge in [-0.05, 0) is 43.7 Å². The summed E-state index contributed by atoms with van der Waals surface area (Å²) in [6.45, 7) is 3.01. The highest BCUT2D eigenvalue weighted by Gasteiger charge is 2.62. The largest absolute Gasteiger partial charge is 0.469 e. The van der Waals surface area contributed by atoms with Gasteiger partial charge in [0.2, 0.25) is 11.8 Å². The summed E-state index contributed by atoms with van der Waals surface area (Å²) in [5, 5.41) is 28.4. The first kappa shape index (κ1) is 27.8. The van der Waals surface area contributed by atoms with Gasteiger partial charge in [0.15, 0.2) is 17.7 Å². The zero-order valence-electron chi connectivity index (χ0n) is 22.7. The van der Waals surface area contributed by atoms with Gasteiger partial charge in [-0.25, -0.2) is 4.98 Å². The van der Waals surface area contributed by atoms with Crippen LogP contribution in [-0.4, -0.2) is 52.6 Å². The molecular weight excluding hydrogens is 528 g/mol. The van der Waals surface area contributed by atoms with Crippen LogP contribution in [0.15, 0.2) is 53.1 Å². The van der Waals surface area contributed by atoms with Crippen molar-refractivity contribution < 1.29 is 28.6 Å². The SMILES string of the molecule is CCC(C)(O)C(=O)NC(Cc1ccc2c(c1)C1(C(=O)C(NC)c3nc(C#N)co3)c3ccccc3NC1O2)C(N)=O. The van der Waals surface area contributed by atoms with Crippen LogP contribution in [0, 0.1) is 11.3 Å². The number of likely N-dealkylation sites (N-methyl/N-ethyl adjacent to an activating group) is 1. The summed E-state index contributed by atoms with van der Waals surface area (Å²) in [6.07, 6.45) is 0.546. The standard InChI is InChI=1S/C29H30N6O6/c1-4-28(2,39)26(38)34-20(24(31)37)12-15-9-10-21-18(11-15)29(17-7-5-6-8-19(17)35-27(29)41-21)23(36)22(32-3)25-33-16(13-30)14-40-25/h5-11,14,20,22,27,32,35,39H,4,12H2,1-3H3,(H2,31,37)(H,34,38). The number of anilines is 1. The Balaban J connectivity index is 1.58. The molecule has 0 radical (unpaired) electrons. The van der Waals surface area contributed by atoms with Gasteiger partial charge in [-0.2, -0.15) is 5.26 Å². The molecule has 0 saturated heterocycles. The maximum Gasteiger partial charge on any atom is 0.252 e. The lowest BCUT2D eigenvalue weighted by molar-refractivity contribution is -0.140.